The molecule has 0 aromatic heterocycles. The third-order valence-electron chi connectivity index (χ3n) is 1.94. The van der Waals surface area contributed by atoms with Gasteiger partial charge in [0.25, 0.3) is 0 Å². The summed E-state index contributed by atoms with van der Waals surface area (Å²) in [6.07, 6.45) is 3.21. The molecule has 0 aromatic rings. The van der Waals surface area contributed by atoms with E-state index in [9.17, 15) is 4.79 Å². The summed E-state index contributed by atoms with van der Waals surface area (Å²) in [5, 5.41) is 0. The van der Waals surface area contributed by atoms with Gasteiger partial charge in [-0.25, -0.2) is 0 Å². The molecule has 2 nitrogen and oxygen atoms in total. The van der Waals surface area contributed by atoms with Crippen molar-refractivity contribution in [3.8, 4) is 0 Å². The minimum absolute atomic E-state index is 0.112. The molecule has 0 aliphatic rings. The minimum Gasteiger partial charge on any atom is -0.465 e. The Labute approximate surface area is 99.4 Å². The first-order valence-corrected chi connectivity index (χ1v) is 5.99. The highest BCUT2D eigenvalue weighted by Gasteiger charge is 2.04. The van der Waals surface area contributed by atoms with E-state index in [2.05, 4.69) is 19.6 Å². The summed E-state index contributed by atoms with van der Waals surface area (Å²) in [5.74, 6) is 0.795. The van der Waals surface area contributed by atoms with E-state index >= 15 is 0 Å². The van der Waals surface area contributed by atoms with Gasteiger partial charge in [0, 0.05) is 6.42 Å². The molecule has 0 bridgehead atoms. The van der Waals surface area contributed by atoms with E-state index in [0.717, 1.165) is 12.0 Å². The average molecular weight is 224 g/mol. The molecule has 0 aliphatic heterocycles. The Morgan fingerprint density at radius 3 is 2.38 bits per heavy atom. The van der Waals surface area contributed by atoms with Crippen molar-refractivity contribution in [2.45, 2.75) is 47.5 Å². The molecular formula is C14H24O2. The van der Waals surface area contributed by atoms with Gasteiger partial charge in [-0.15, -0.1) is 5.73 Å². The van der Waals surface area contributed by atoms with Crippen LogP contribution in [-0.4, -0.2) is 12.6 Å². The van der Waals surface area contributed by atoms with Gasteiger partial charge >= 0.3 is 5.97 Å². The monoisotopic (exact) mass is 224 g/mol. The van der Waals surface area contributed by atoms with Crippen LogP contribution >= 0.6 is 0 Å². The number of hydrogen-bond donors (Lipinski definition) is 0. The second kappa shape index (κ2) is 8.18. The van der Waals surface area contributed by atoms with Gasteiger partial charge in [-0.1, -0.05) is 27.7 Å². The molecule has 0 amide bonds. The maximum absolute atomic E-state index is 11.3. The molecule has 0 radical (unpaired) electrons. The average Bonchev–Trinajstić information content (AvgIpc) is 2.20. The number of ether oxygens (including phenoxy) is 1. The third-order valence-corrected chi connectivity index (χ3v) is 1.94. The number of allylic oxidation sites excluding steroid dienone is 1. The first-order valence-electron chi connectivity index (χ1n) is 5.99. The van der Waals surface area contributed by atoms with Gasteiger partial charge in [-0.05, 0) is 36.8 Å². The Morgan fingerprint density at radius 1 is 1.25 bits per heavy atom. The lowest BCUT2D eigenvalue weighted by atomic mass is 10.1. The normalized spacial score (nSPS) is 10.2. The van der Waals surface area contributed by atoms with Crippen molar-refractivity contribution in [3.63, 3.8) is 0 Å². The maximum atomic E-state index is 11.3. The van der Waals surface area contributed by atoms with Gasteiger partial charge in [0.1, 0.15) is 0 Å². The first kappa shape index (κ1) is 15.0. The standard InChI is InChI=1S/C14H24O2/c1-11(2)6-7-13(5)8-9-14(15)16-10-12(3)4/h6,11-12H,8-10H2,1-5H3. The topological polar surface area (TPSA) is 26.3 Å². The Bertz CT molecular complexity index is 268. The van der Waals surface area contributed by atoms with Gasteiger partial charge in [0.05, 0.1) is 6.61 Å². The first-order chi connectivity index (χ1) is 7.41. The van der Waals surface area contributed by atoms with E-state index in [-0.39, 0.29) is 5.97 Å². The van der Waals surface area contributed by atoms with E-state index in [1.807, 2.05) is 26.8 Å². The van der Waals surface area contributed by atoms with Crippen LogP contribution in [0.25, 0.3) is 0 Å². The summed E-state index contributed by atoms with van der Waals surface area (Å²) in [4.78, 5) is 11.3. The van der Waals surface area contributed by atoms with E-state index in [0.29, 0.717) is 24.9 Å². The second-order valence-electron chi connectivity index (χ2n) is 4.91. The molecule has 0 fully saturated rings. The quantitative estimate of drug-likeness (QED) is 0.507. The molecule has 0 saturated heterocycles. The van der Waals surface area contributed by atoms with E-state index in [1.165, 1.54) is 0 Å². The van der Waals surface area contributed by atoms with Crippen molar-refractivity contribution in [1.29, 1.82) is 0 Å². The molecule has 0 unspecified atom stereocenters. The molecule has 0 rings (SSSR count). The highest BCUT2D eigenvalue weighted by atomic mass is 16.5. The lowest BCUT2D eigenvalue weighted by molar-refractivity contribution is -0.144. The molecule has 0 N–H and O–H groups in total. The van der Waals surface area contributed by atoms with Gasteiger partial charge < -0.3 is 4.74 Å². The van der Waals surface area contributed by atoms with Crippen LogP contribution in [0.4, 0.5) is 0 Å². The molecule has 0 aromatic carbocycles. The highest BCUT2D eigenvalue weighted by molar-refractivity contribution is 5.69. The van der Waals surface area contributed by atoms with Crippen LogP contribution in [0.15, 0.2) is 17.4 Å². The Morgan fingerprint density at radius 2 is 1.88 bits per heavy atom. The molecule has 0 atom stereocenters. The Kier molecular flexibility index (Phi) is 7.66. The van der Waals surface area contributed by atoms with Crippen LogP contribution in [0.1, 0.15) is 47.5 Å². The number of carbonyl (C=O) groups excluding carboxylic acids is 1. The Hall–Kier alpha value is -1.01. The van der Waals surface area contributed by atoms with Crippen LogP contribution in [0.5, 0.6) is 0 Å². The molecule has 0 spiro atoms. The Balaban J connectivity index is 3.88. The summed E-state index contributed by atoms with van der Waals surface area (Å²) in [5.41, 5.74) is 4.29. The van der Waals surface area contributed by atoms with Crippen molar-refractivity contribution < 1.29 is 9.53 Å². The summed E-state index contributed by atoms with van der Waals surface area (Å²) < 4.78 is 5.09. The predicted octanol–water partition coefficient (Wildman–Crippen LogP) is 3.72. The van der Waals surface area contributed by atoms with E-state index in [4.69, 9.17) is 4.74 Å². The fraction of sp³-hybridized carbons (Fsp3) is 0.714. The number of rotatable bonds is 6. The summed E-state index contributed by atoms with van der Waals surface area (Å²) in [6, 6.07) is 0. The molecule has 0 saturated carbocycles. The third kappa shape index (κ3) is 9.54. The molecule has 16 heavy (non-hydrogen) atoms. The van der Waals surface area contributed by atoms with Gasteiger partial charge in [-0.3, -0.25) is 4.79 Å². The minimum atomic E-state index is -0.112. The zero-order valence-electron chi connectivity index (χ0n) is 11.2. The fourth-order valence-corrected chi connectivity index (χ4v) is 1.00. The van der Waals surface area contributed by atoms with Crippen LogP contribution in [0.2, 0.25) is 0 Å². The van der Waals surface area contributed by atoms with Crippen molar-refractivity contribution in [2.75, 3.05) is 6.61 Å². The smallest absolute Gasteiger partial charge is 0.306 e. The molecule has 0 heterocycles. The van der Waals surface area contributed by atoms with Crippen LogP contribution in [0.3, 0.4) is 0 Å². The molecule has 2 heteroatoms. The maximum Gasteiger partial charge on any atom is 0.306 e. The summed E-state index contributed by atoms with van der Waals surface area (Å²) >= 11 is 0. The summed E-state index contributed by atoms with van der Waals surface area (Å²) in [6.45, 7) is 10.8. The van der Waals surface area contributed by atoms with Crippen LogP contribution in [0, 0.1) is 11.8 Å². The molecule has 92 valence electrons. The lowest BCUT2D eigenvalue weighted by Crippen LogP contribution is -2.09. The van der Waals surface area contributed by atoms with Gasteiger partial charge in [0.2, 0.25) is 0 Å². The van der Waals surface area contributed by atoms with Crippen molar-refractivity contribution in [2.24, 2.45) is 11.8 Å². The van der Waals surface area contributed by atoms with Gasteiger partial charge in [0.15, 0.2) is 0 Å². The van der Waals surface area contributed by atoms with Crippen molar-refractivity contribution >= 4 is 5.97 Å². The lowest BCUT2D eigenvalue weighted by Gasteiger charge is -2.06. The zero-order chi connectivity index (χ0) is 12.6. The summed E-state index contributed by atoms with van der Waals surface area (Å²) in [7, 11) is 0. The largest absolute Gasteiger partial charge is 0.465 e. The van der Waals surface area contributed by atoms with E-state index < -0.39 is 0 Å². The van der Waals surface area contributed by atoms with Crippen LogP contribution < -0.4 is 0 Å². The highest BCUT2D eigenvalue weighted by Crippen LogP contribution is 2.05. The second-order valence-corrected chi connectivity index (χ2v) is 4.91. The van der Waals surface area contributed by atoms with E-state index in [1.54, 1.807) is 0 Å². The molecular weight excluding hydrogens is 200 g/mol. The number of esters is 1. The SMILES string of the molecule is CC(=C=CC(C)C)CCC(=O)OCC(C)C. The van der Waals surface area contributed by atoms with Crippen molar-refractivity contribution in [3.05, 3.63) is 17.4 Å². The number of carbonyl (C=O) groups is 1. The molecule has 0 aliphatic carbocycles. The predicted molar refractivity (Wildman–Crippen MR) is 67.1 cm³/mol. The number of hydrogen-bond acceptors (Lipinski definition) is 2. The zero-order valence-corrected chi connectivity index (χ0v) is 11.2. The fourth-order valence-electron chi connectivity index (χ4n) is 1.00. The van der Waals surface area contributed by atoms with Gasteiger partial charge in [-0.2, -0.15) is 0 Å². The van der Waals surface area contributed by atoms with Crippen LogP contribution in [-0.2, 0) is 9.53 Å². The van der Waals surface area contributed by atoms with Crippen molar-refractivity contribution in [1.82, 2.24) is 0 Å².